The fourth-order valence-corrected chi connectivity index (χ4v) is 2.31. The van der Waals surface area contributed by atoms with Crippen LogP contribution in [0, 0.1) is 11.3 Å². The minimum absolute atomic E-state index is 0.389. The zero-order valence-electron chi connectivity index (χ0n) is 11.7. The maximum Gasteiger partial charge on any atom is 0.0638 e. The van der Waals surface area contributed by atoms with Crippen LogP contribution in [0.15, 0.2) is 0 Å². The van der Waals surface area contributed by atoms with Gasteiger partial charge in [-0.05, 0) is 41.0 Å². The standard InChI is InChI=1S/C13H26N4/c1-12-6-8-17(10-9-15(2)3)11-13(5-7-14)16(12)4/h12-13H,5-6,8-11H2,1-4H3. The summed E-state index contributed by atoms with van der Waals surface area (Å²) in [6.45, 7) is 6.65. The van der Waals surface area contributed by atoms with E-state index in [1.54, 1.807) is 0 Å². The molecule has 0 aliphatic carbocycles. The quantitative estimate of drug-likeness (QED) is 0.727. The van der Waals surface area contributed by atoms with E-state index in [0.29, 0.717) is 18.5 Å². The summed E-state index contributed by atoms with van der Waals surface area (Å²) in [5.41, 5.74) is 0. The summed E-state index contributed by atoms with van der Waals surface area (Å²) in [5.74, 6) is 0. The molecule has 0 saturated carbocycles. The van der Waals surface area contributed by atoms with Crippen molar-refractivity contribution < 1.29 is 0 Å². The molecule has 1 heterocycles. The predicted octanol–water partition coefficient (Wildman–Crippen LogP) is 0.856. The van der Waals surface area contributed by atoms with Crippen LogP contribution in [-0.4, -0.2) is 74.1 Å². The van der Waals surface area contributed by atoms with Gasteiger partial charge in [0, 0.05) is 31.7 Å². The van der Waals surface area contributed by atoms with E-state index in [2.05, 4.69) is 48.8 Å². The van der Waals surface area contributed by atoms with Crippen LogP contribution in [0.1, 0.15) is 19.8 Å². The van der Waals surface area contributed by atoms with Gasteiger partial charge in [0.15, 0.2) is 0 Å². The number of nitriles is 1. The molecule has 0 aromatic heterocycles. The van der Waals surface area contributed by atoms with E-state index in [9.17, 15) is 0 Å². The first-order valence-corrected chi connectivity index (χ1v) is 6.50. The van der Waals surface area contributed by atoms with Crippen LogP contribution in [0.3, 0.4) is 0 Å². The molecule has 0 radical (unpaired) electrons. The van der Waals surface area contributed by atoms with Crippen LogP contribution in [0.25, 0.3) is 0 Å². The van der Waals surface area contributed by atoms with E-state index in [1.807, 2.05) is 0 Å². The molecule has 0 aromatic carbocycles. The molecule has 0 aromatic rings. The summed E-state index contributed by atoms with van der Waals surface area (Å²) >= 11 is 0. The fraction of sp³-hybridized carbons (Fsp3) is 0.923. The molecule has 1 fully saturated rings. The second kappa shape index (κ2) is 6.95. The zero-order valence-corrected chi connectivity index (χ0v) is 11.7. The normalized spacial score (nSPS) is 28.0. The van der Waals surface area contributed by atoms with Gasteiger partial charge in [0.1, 0.15) is 0 Å². The van der Waals surface area contributed by atoms with Gasteiger partial charge >= 0.3 is 0 Å². The Morgan fingerprint density at radius 3 is 2.71 bits per heavy atom. The Hall–Kier alpha value is -0.630. The van der Waals surface area contributed by atoms with Crippen molar-refractivity contribution in [2.45, 2.75) is 31.8 Å². The predicted molar refractivity (Wildman–Crippen MR) is 70.9 cm³/mol. The molecule has 0 spiro atoms. The van der Waals surface area contributed by atoms with Gasteiger partial charge in [0.25, 0.3) is 0 Å². The van der Waals surface area contributed by atoms with Crippen molar-refractivity contribution in [2.24, 2.45) is 0 Å². The van der Waals surface area contributed by atoms with Gasteiger partial charge in [-0.15, -0.1) is 0 Å². The minimum Gasteiger partial charge on any atom is -0.308 e. The second-order valence-corrected chi connectivity index (χ2v) is 5.42. The van der Waals surface area contributed by atoms with Crippen molar-refractivity contribution in [3.05, 3.63) is 0 Å². The minimum atomic E-state index is 0.389. The topological polar surface area (TPSA) is 33.5 Å². The molecule has 0 N–H and O–H groups in total. The lowest BCUT2D eigenvalue weighted by Crippen LogP contribution is -2.42. The van der Waals surface area contributed by atoms with E-state index < -0.39 is 0 Å². The van der Waals surface area contributed by atoms with Gasteiger partial charge in [-0.1, -0.05) is 0 Å². The number of rotatable bonds is 4. The summed E-state index contributed by atoms with van der Waals surface area (Å²) in [6.07, 6.45) is 1.84. The summed E-state index contributed by atoms with van der Waals surface area (Å²) in [4.78, 5) is 7.10. The molecule has 0 bridgehead atoms. The smallest absolute Gasteiger partial charge is 0.0638 e. The largest absolute Gasteiger partial charge is 0.308 e. The van der Waals surface area contributed by atoms with Crippen molar-refractivity contribution in [3.63, 3.8) is 0 Å². The summed E-state index contributed by atoms with van der Waals surface area (Å²) in [5, 5.41) is 8.92. The van der Waals surface area contributed by atoms with E-state index >= 15 is 0 Å². The van der Waals surface area contributed by atoms with E-state index in [0.717, 1.165) is 26.2 Å². The Labute approximate surface area is 106 Å². The Morgan fingerprint density at radius 1 is 1.41 bits per heavy atom. The monoisotopic (exact) mass is 238 g/mol. The molecule has 4 heteroatoms. The lowest BCUT2D eigenvalue weighted by Gasteiger charge is -2.30. The van der Waals surface area contributed by atoms with Gasteiger partial charge in [-0.2, -0.15) is 5.26 Å². The molecule has 1 aliphatic heterocycles. The number of likely N-dealkylation sites (N-methyl/N-ethyl adjacent to an activating group) is 2. The average Bonchev–Trinajstić information content (AvgIpc) is 2.41. The molecule has 2 atom stereocenters. The molecule has 2 unspecified atom stereocenters. The zero-order chi connectivity index (χ0) is 12.8. The maximum absolute atomic E-state index is 8.92. The first-order chi connectivity index (χ1) is 8.04. The van der Waals surface area contributed by atoms with Crippen molar-refractivity contribution in [3.8, 4) is 6.07 Å². The molecule has 0 amide bonds. The van der Waals surface area contributed by atoms with Crippen LogP contribution in [0.2, 0.25) is 0 Å². The molecule has 1 rings (SSSR count). The lowest BCUT2D eigenvalue weighted by molar-refractivity contribution is 0.173. The number of hydrogen-bond acceptors (Lipinski definition) is 4. The highest BCUT2D eigenvalue weighted by Crippen LogP contribution is 2.16. The van der Waals surface area contributed by atoms with Crippen LogP contribution in [0.4, 0.5) is 0 Å². The van der Waals surface area contributed by atoms with E-state index in [1.165, 1.54) is 6.42 Å². The summed E-state index contributed by atoms with van der Waals surface area (Å²) in [6, 6.07) is 3.29. The molecule has 98 valence electrons. The van der Waals surface area contributed by atoms with Gasteiger partial charge in [0.2, 0.25) is 0 Å². The molecular weight excluding hydrogens is 212 g/mol. The SMILES string of the molecule is CC1CCN(CCN(C)C)CC(CC#N)N1C. The van der Waals surface area contributed by atoms with Crippen LogP contribution in [0.5, 0.6) is 0 Å². The Balaban J connectivity index is 2.55. The molecule has 1 saturated heterocycles. The number of hydrogen-bond donors (Lipinski definition) is 0. The third-order valence-corrected chi connectivity index (χ3v) is 3.79. The van der Waals surface area contributed by atoms with Gasteiger partial charge in [-0.25, -0.2) is 0 Å². The van der Waals surface area contributed by atoms with Crippen molar-refractivity contribution in [2.75, 3.05) is 47.3 Å². The highest BCUT2D eigenvalue weighted by Gasteiger charge is 2.26. The highest BCUT2D eigenvalue weighted by atomic mass is 15.3. The van der Waals surface area contributed by atoms with Gasteiger partial charge in [-0.3, -0.25) is 4.90 Å². The Kier molecular flexibility index (Phi) is 5.90. The highest BCUT2D eigenvalue weighted by molar-refractivity contribution is 4.88. The van der Waals surface area contributed by atoms with Crippen molar-refractivity contribution >= 4 is 0 Å². The Morgan fingerprint density at radius 2 is 2.12 bits per heavy atom. The van der Waals surface area contributed by atoms with Crippen LogP contribution in [-0.2, 0) is 0 Å². The second-order valence-electron chi connectivity index (χ2n) is 5.42. The van der Waals surface area contributed by atoms with Crippen LogP contribution >= 0.6 is 0 Å². The lowest BCUT2D eigenvalue weighted by atomic mass is 10.1. The first-order valence-electron chi connectivity index (χ1n) is 6.50. The van der Waals surface area contributed by atoms with E-state index in [4.69, 9.17) is 5.26 Å². The molecule has 4 nitrogen and oxygen atoms in total. The Bertz CT molecular complexity index is 257. The van der Waals surface area contributed by atoms with Crippen LogP contribution < -0.4 is 0 Å². The van der Waals surface area contributed by atoms with Crippen molar-refractivity contribution in [1.29, 1.82) is 5.26 Å². The molecule has 17 heavy (non-hydrogen) atoms. The van der Waals surface area contributed by atoms with Crippen molar-refractivity contribution in [1.82, 2.24) is 14.7 Å². The average molecular weight is 238 g/mol. The van der Waals surface area contributed by atoms with E-state index in [-0.39, 0.29) is 0 Å². The summed E-state index contributed by atoms with van der Waals surface area (Å²) in [7, 11) is 6.38. The third kappa shape index (κ3) is 4.63. The summed E-state index contributed by atoms with van der Waals surface area (Å²) < 4.78 is 0. The first kappa shape index (κ1) is 14.4. The molecular formula is C13H26N4. The maximum atomic E-state index is 8.92. The molecule has 1 aliphatic rings. The fourth-order valence-electron chi connectivity index (χ4n) is 2.31. The third-order valence-electron chi connectivity index (χ3n) is 3.79. The van der Waals surface area contributed by atoms with Gasteiger partial charge < -0.3 is 9.80 Å². The van der Waals surface area contributed by atoms with Gasteiger partial charge in [0.05, 0.1) is 12.5 Å². The number of nitrogens with zero attached hydrogens (tertiary/aromatic N) is 4.